The van der Waals surface area contributed by atoms with Gasteiger partial charge in [-0.1, -0.05) is 29.8 Å². The first-order valence-electron chi connectivity index (χ1n) is 7.96. The number of hydrogen-bond acceptors (Lipinski definition) is 6. The Kier molecular flexibility index (Phi) is 5.30. The Morgan fingerprint density at radius 1 is 0.720 bits per heavy atom. The Labute approximate surface area is 151 Å². The van der Waals surface area contributed by atoms with E-state index >= 15 is 0 Å². The molecule has 0 amide bonds. The second-order valence-electron chi connectivity index (χ2n) is 5.73. The molecule has 25 heavy (non-hydrogen) atoms. The molecule has 0 fully saturated rings. The molecule has 6 nitrogen and oxygen atoms in total. The SMILES string of the molecule is CC(C)Nc1nc(Nc2ccccc2)nc(Nc2ccc(Cl)cc2)n1. The smallest absolute Gasteiger partial charge is 0.233 e. The third-order valence-electron chi connectivity index (χ3n) is 3.18. The van der Waals surface area contributed by atoms with Gasteiger partial charge in [0.05, 0.1) is 0 Å². The highest BCUT2D eigenvalue weighted by Gasteiger charge is 2.08. The third kappa shape index (κ3) is 5.06. The van der Waals surface area contributed by atoms with E-state index in [1.54, 1.807) is 0 Å². The molecule has 0 saturated carbocycles. The quantitative estimate of drug-likeness (QED) is 0.588. The van der Waals surface area contributed by atoms with Crippen LogP contribution in [0.2, 0.25) is 5.02 Å². The highest BCUT2D eigenvalue weighted by molar-refractivity contribution is 6.30. The van der Waals surface area contributed by atoms with E-state index in [1.807, 2.05) is 68.4 Å². The summed E-state index contributed by atoms with van der Waals surface area (Å²) < 4.78 is 0. The summed E-state index contributed by atoms with van der Waals surface area (Å²) in [7, 11) is 0. The standard InChI is InChI=1S/C18H19ClN6/c1-12(2)20-16-23-17(21-14-6-4-3-5-7-14)25-18(24-16)22-15-10-8-13(19)9-11-15/h3-12H,1-2H3,(H3,20,21,22,23,24,25). The Morgan fingerprint density at radius 3 is 1.80 bits per heavy atom. The monoisotopic (exact) mass is 354 g/mol. The fraction of sp³-hybridized carbons (Fsp3) is 0.167. The lowest BCUT2D eigenvalue weighted by atomic mass is 10.3. The maximum absolute atomic E-state index is 5.92. The minimum atomic E-state index is 0.204. The zero-order chi connectivity index (χ0) is 17.6. The van der Waals surface area contributed by atoms with E-state index in [1.165, 1.54) is 0 Å². The molecular formula is C18H19ClN6. The fourth-order valence-corrected chi connectivity index (χ4v) is 2.25. The van der Waals surface area contributed by atoms with Gasteiger partial charge in [-0.3, -0.25) is 0 Å². The van der Waals surface area contributed by atoms with Gasteiger partial charge in [0.1, 0.15) is 0 Å². The van der Waals surface area contributed by atoms with Gasteiger partial charge in [0.25, 0.3) is 0 Å². The molecule has 3 aromatic rings. The number of aromatic nitrogens is 3. The van der Waals surface area contributed by atoms with Crippen LogP contribution in [0.3, 0.4) is 0 Å². The van der Waals surface area contributed by atoms with Crippen LogP contribution in [0.4, 0.5) is 29.2 Å². The molecule has 0 bridgehead atoms. The molecule has 0 radical (unpaired) electrons. The molecular weight excluding hydrogens is 336 g/mol. The number of rotatable bonds is 6. The minimum absolute atomic E-state index is 0.204. The first kappa shape index (κ1) is 17.0. The molecule has 7 heteroatoms. The average molecular weight is 355 g/mol. The summed E-state index contributed by atoms with van der Waals surface area (Å²) in [4.78, 5) is 13.3. The van der Waals surface area contributed by atoms with E-state index in [0.717, 1.165) is 11.4 Å². The molecule has 1 aromatic heterocycles. The lowest BCUT2D eigenvalue weighted by Gasteiger charge is -2.13. The van der Waals surface area contributed by atoms with Gasteiger partial charge in [0, 0.05) is 22.4 Å². The largest absolute Gasteiger partial charge is 0.352 e. The van der Waals surface area contributed by atoms with Gasteiger partial charge in [-0.05, 0) is 50.2 Å². The van der Waals surface area contributed by atoms with Crippen molar-refractivity contribution in [3.05, 3.63) is 59.6 Å². The Bertz CT molecular complexity index is 821. The van der Waals surface area contributed by atoms with Crippen LogP contribution in [0.1, 0.15) is 13.8 Å². The van der Waals surface area contributed by atoms with E-state index in [9.17, 15) is 0 Å². The highest BCUT2D eigenvalue weighted by Crippen LogP contribution is 2.20. The van der Waals surface area contributed by atoms with E-state index in [2.05, 4.69) is 30.9 Å². The fourth-order valence-electron chi connectivity index (χ4n) is 2.12. The van der Waals surface area contributed by atoms with Crippen LogP contribution in [0.5, 0.6) is 0 Å². The lowest BCUT2D eigenvalue weighted by molar-refractivity contribution is 0.869. The Morgan fingerprint density at radius 2 is 1.24 bits per heavy atom. The van der Waals surface area contributed by atoms with E-state index in [4.69, 9.17) is 11.6 Å². The van der Waals surface area contributed by atoms with Gasteiger partial charge >= 0.3 is 0 Å². The van der Waals surface area contributed by atoms with E-state index in [-0.39, 0.29) is 6.04 Å². The maximum Gasteiger partial charge on any atom is 0.233 e. The predicted molar refractivity (Wildman–Crippen MR) is 103 cm³/mol. The molecule has 3 N–H and O–H groups in total. The topological polar surface area (TPSA) is 74.8 Å². The molecule has 0 aliphatic carbocycles. The van der Waals surface area contributed by atoms with Gasteiger partial charge in [-0.2, -0.15) is 15.0 Å². The molecule has 0 atom stereocenters. The van der Waals surface area contributed by atoms with Crippen molar-refractivity contribution in [3.63, 3.8) is 0 Å². The number of para-hydroxylation sites is 1. The summed E-state index contributed by atoms with van der Waals surface area (Å²) in [6, 6.07) is 17.3. The third-order valence-corrected chi connectivity index (χ3v) is 3.44. The number of benzene rings is 2. The van der Waals surface area contributed by atoms with Gasteiger partial charge < -0.3 is 16.0 Å². The number of anilines is 5. The predicted octanol–water partition coefficient (Wildman–Crippen LogP) is 4.83. The van der Waals surface area contributed by atoms with Crippen molar-refractivity contribution in [2.45, 2.75) is 19.9 Å². The zero-order valence-electron chi connectivity index (χ0n) is 14.0. The zero-order valence-corrected chi connectivity index (χ0v) is 14.7. The van der Waals surface area contributed by atoms with Crippen molar-refractivity contribution in [1.29, 1.82) is 0 Å². The Hall–Kier alpha value is -2.86. The summed E-state index contributed by atoms with van der Waals surface area (Å²) in [5.74, 6) is 1.40. The molecule has 0 spiro atoms. The van der Waals surface area contributed by atoms with Crippen LogP contribution in [0, 0.1) is 0 Å². The van der Waals surface area contributed by atoms with Crippen molar-refractivity contribution in [1.82, 2.24) is 15.0 Å². The summed E-state index contributed by atoms with van der Waals surface area (Å²) in [5, 5.41) is 10.2. The van der Waals surface area contributed by atoms with Crippen LogP contribution < -0.4 is 16.0 Å². The average Bonchev–Trinajstić information content (AvgIpc) is 2.57. The van der Waals surface area contributed by atoms with Gasteiger partial charge in [0.15, 0.2) is 0 Å². The highest BCUT2D eigenvalue weighted by atomic mass is 35.5. The first-order chi connectivity index (χ1) is 12.1. The normalized spacial score (nSPS) is 10.6. The van der Waals surface area contributed by atoms with Gasteiger partial charge in [-0.25, -0.2) is 0 Å². The van der Waals surface area contributed by atoms with Crippen molar-refractivity contribution in [3.8, 4) is 0 Å². The number of nitrogens with zero attached hydrogens (tertiary/aromatic N) is 3. The first-order valence-corrected chi connectivity index (χ1v) is 8.33. The molecule has 3 rings (SSSR count). The van der Waals surface area contributed by atoms with Crippen molar-refractivity contribution in [2.75, 3.05) is 16.0 Å². The van der Waals surface area contributed by atoms with Gasteiger partial charge in [0.2, 0.25) is 17.8 Å². The molecule has 0 aliphatic rings. The Balaban J connectivity index is 1.87. The summed E-state index contributed by atoms with van der Waals surface area (Å²) in [6.45, 7) is 4.06. The summed E-state index contributed by atoms with van der Waals surface area (Å²) >= 11 is 5.92. The molecule has 0 unspecified atom stereocenters. The van der Waals surface area contributed by atoms with Crippen LogP contribution in [0.25, 0.3) is 0 Å². The molecule has 0 aliphatic heterocycles. The van der Waals surface area contributed by atoms with Crippen LogP contribution in [-0.4, -0.2) is 21.0 Å². The maximum atomic E-state index is 5.92. The molecule has 128 valence electrons. The van der Waals surface area contributed by atoms with Crippen molar-refractivity contribution >= 4 is 40.8 Å². The second-order valence-corrected chi connectivity index (χ2v) is 6.16. The number of hydrogen-bond donors (Lipinski definition) is 3. The van der Waals surface area contributed by atoms with Crippen molar-refractivity contribution < 1.29 is 0 Å². The molecule has 2 aromatic carbocycles. The minimum Gasteiger partial charge on any atom is -0.352 e. The van der Waals surface area contributed by atoms with Crippen LogP contribution in [-0.2, 0) is 0 Å². The van der Waals surface area contributed by atoms with E-state index in [0.29, 0.717) is 22.9 Å². The van der Waals surface area contributed by atoms with E-state index < -0.39 is 0 Å². The second kappa shape index (κ2) is 7.81. The van der Waals surface area contributed by atoms with Crippen LogP contribution in [0.15, 0.2) is 54.6 Å². The summed E-state index contributed by atoms with van der Waals surface area (Å²) in [5.41, 5.74) is 1.75. The number of nitrogens with one attached hydrogen (secondary N) is 3. The summed E-state index contributed by atoms with van der Waals surface area (Å²) in [6.07, 6.45) is 0. The van der Waals surface area contributed by atoms with Gasteiger partial charge in [-0.15, -0.1) is 0 Å². The van der Waals surface area contributed by atoms with Crippen LogP contribution >= 0.6 is 11.6 Å². The molecule has 0 saturated heterocycles. The number of halogens is 1. The lowest BCUT2D eigenvalue weighted by Crippen LogP contribution is -2.15. The van der Waals surface area contributed by atoms with Crippen molar-refractivity contribution in [2.24, 2.45) is 0 Å². The molecule has 1 heterocycles.